The van der Waals surface area contributed by atoms with E-state index in [2.05, 4.69) is 45.0 Å². The Balaban J connectivity index is 2.23. The summed E-state index contributed by atoms with van der Waals surface area (Å²) in [5.74, 6) is -0.259. The van der Waals surface area contributed by atoms with Crippen molar-refractivity contribution < 1.29 is 14.6 Å². The second kappa shape index (κ2) is 6.61. The zero-order valence-electron chi connectivity index (χ0n) is 13.3. The minimum absolute atomic E-state index is 0.0814. The Hall–Kier alpha value is -1.35. The molecule has 0 aromatic heterocycles. The maximum Gasteiger partial charge on any atom is 0.303 e. The summed E-state index contributed by atoms with van der Waals surface area (Å²) in [7, 11) is 0. The van der Waals surface area contributed by atoms with Gasteiger partial charge < -0.3 is 9.84 Å². The molecule has 2 rings (SSSR count). The highest BCUT2D eigenvalue weighted by atomic mass is 16.5. The lowest BCUT2D eigenvalue weighted by molar-refractivity contribution is -0.139. The van der Waals surface area contributed by atoms with Crippen LogP contribution < -0.4 is 0 Å². The van der Waals surface area contributed by atoms with E-state index in [0.717, 1.165) is 31.4 Å². The van der Waals surface area contributed by atoms with Gasteiger partial charge in [-0.2, -0.15) is 0 Å². The average Bonchev–Trinajstić information content (AvgIpc) is 2.46. The van der Waals surface area contributed by atoms with Gasteiger partial charge in [0.1, 0.15) is 0 Å². The lowest BCUT2D eigenvalue weighted by Crippen LogP contribution is -2.38. The minimum Gasteiger partial charge on any atom is -0.481 e. The molecule has 1 aliphatic rings. The second-order valence-corrected chi connectivity index (χ2v) is 6.52. The van der Waals surface area contributed by atoms with E-state index >= 15 is 0 Å². The van der Waals surface area contributed by atoms with E-state index in [0.29, 0.717) is 5.92 Å². The first-order valence-corrected chi connectivity index (χ1v) is 7.86. The number of carbonyl (C=O) groups is 1. The molecule has 1 aromatic rings. The van der Waals surface area contributed by atoms with Gasteiger partial charge in [-0.1, -0.05) is 36.8 Å². The van der Waals surface area contributed by atoms with Gasteiger partial charge >= 0.3 is 5.97 Å². The molecular formula is C18H26O3. The molecule has 1 saturated heterocycles. The number of rotatable bonds is 5. The van der Waals surface area contributed by atoms with Crippen LogP contribution in [0.4, 0.5) is 0 Å². The van der Waals surface area contributed by atoms with Crippen molar-refractivity contribution in [2.45, 2.75) is 58.0 Å². The standard InChI is InChI=1S/C18H26O3/c1-4-18(3)12-15(9-10-21-18)16(11-17(19)20)14-7-5-13(2)6-8-14/h5-8,15-16H,4,9-12H2,1-3H3,(H,19,20)/t15-,16+,18+/m1/s1. The molecule has 116 valence electrons. The van der Waals surface area contributed by atoms with Crippen molar-refractivity contribution in [1.29, 1.82) is 0 Å². The molecule has 0 saturated carbocycles. The van der Waals surface area contributed by atoms with Crippen molar-refractivity contribution in [3.8, 4) is 0 Å². The Morgan fingerprint density at radius 1 is 1.43 bits per heavy atom. The monoisotopic (exact) mass is 290 g/mol. The summed E-state index contributed by atoms with van der Waals surface area (Å²) < 4.78 is 5.91. The normalized spacial score (nSPS) is 27.3. The van der Waals surface area contributed by atoms with E-state index in [1.54, 1.807) is 0 Å². The fourth-order valence-corrected chi connectivity index (χ4v) is 3.32. The molecule has 0 amide bonds. The van der Waals surface area contributed by atoms with Crippen molar-refractivity contribution in [3.63, 3.8) is 0 Å². The largest absolute Gasteiger partial charge is 0.481 e. The van der Waals surface area contributed by atoms with Crippen LogP contribution in [0, 0.1) is 12.8 Å². The summed E-state index contributed by atoms with van der Waals surface area (Å²) in [6.45, 7) is 7.07. The molecule has 1 heterocycles. The molecule has 0 radical (unpaired) electrons. The molecule has 0 spiro atoms. The number of aliphatic carboxylic acids is 1. The summed E-state index contributed by atoms with van der Waals surface area (Å²) in [5, 5.41) is 9.29. The molecule has 1 fully saturated rings. The van der Waals surface area contributed by atoms with Gasteiger partial charge in [0.25, 0.3) is 0 Å². The molecule has 1 aromatic carbocycles. The smallest absolute Gasteiger partial charge is 0.303 e. The van der Waals surface area contributed by atoms with Crippen LogP contribution in [0.1, 0.15) is 56.6 Å². The summed E-state index contributed by atoms with van der Waals surface area (Å²) in [6.07, 6.45) is 3.06. The van der Waals surface area contributed by atoms with Crippen LogP contribution in [0.3, 0.4) is 0 Å². The Morgan fingerprint density at radius 2 is 2.10 bits per heavy atom. The van der Waals surface area contributed by atoms with Crippen LogP contribution in [0.5, 0.6) is 0 Å². The van der Waals surface area contributed by atoms with Crippen LogP contribution in [0.25, 0.3) is 0 Å². The molecule has 3 nitrogen and oxygen atoms in total. The Morgan fingerprint density at radius 3 is 2.67 bits per heavy atom. The maximum absolute atomic E-state index is 11.3. The molecule has 0 bridgehead atoms. The molecule has 3 heteroatoms. The molecule has 21 heavy (non-hydrogen) atoms. The van der Waals surface area contributed by atoms with Crippen molar-refractivity contribution in [3.05, 3.63) is 35.4 Å². The molecule has 1 aliphatic heterocycles. The van der Waals surface area contributed by atoms with Crippen molar-refractivity contribution in [1.82, 2.24) is 0 Å². The van der Waals surface area contributed by atoms with Crippen molar-refractivity contribution >= 4 is 5.97 Å². The van der Waals surface area contributed by atoms with Crippen LogP contribution >= 0.6 is 0 Å². The predicted molar refractivity (Wildman–Crippen MR) is 83.5 cm³/mol. The molecule has 0 unspecified atom stereocenters. The third-order valence-corrected chi connectivity index (χ3v) is 4.85. The van der Waals surface area contributed by atoms with Gasteiger partial charge in [0, 0.05) is 6.61 Å². The highest BCUT2D eigenvalue weighted by molar-refractivity contribution is 5.68. The lowest BCUT2D eigenvalue weighted by Gasteiger charge is -2.41. The quantitative estimate of drug-likeness (QED) is 0.886. The molecule has 1 N–H and O–H groups in total. The number of carboxylic acids is 1. The maximum atomic E-state index is 11.3. The van der Waals surface area contributed by atoms with Crippen LogP contribution in [-0.4, -0.2) is 23.3 Å². The van der Waals surface area contributed by atoms with E-state index in [1.807, 2.05) is 0 Å². The Bertz CT molecular complexity index is 480. The first-order chi connectivity index (χ1) is 9.93. The van der Waals surface area contributed by atoms with Gasteiger partial charge in [-0.3, -0.25) is 4.79 Å². The zero-order chi connectivity index (χ0) is 15.5. The molecular weight excluding hydrogens is 264 g/mol. The first-order valence-electron chi connectivity index (χ1n) is 7.86. The van der Waals surface area contributed by atoms with Gasteiger partial charge in [-0.05, 0) is 50.5 Å². The van der Waals surface area contributed by atoms with E-state index in [9.17, 15) is 9.90 Å². The summed E-state index contributed by atoms with van der Waals surface area (Å²) in [5.41, 5.74) is 2.25. The van der Waals surface area contributed by atoms with Gasteiger partial charge in [0.15, 0.2) is 0 Å². The number of hydrogen-bond acceptors (Lipinski definition) is 2. The highest BCUT2D eigenvalue weighted by Gasteiger charge is 2.36. The van der Waals surface area contributed by atoms with Crippen LogP contribution in [0.15, 0.2) is 24.3 Å². The fraction of sp³-hybridized carbons (Fsp3) is 0.611. The molecule has 3 atom stereocenters. The lowest BCUT2D eigenvalue weighted by atomic mass is 9.74. The van der Waals surface area contributed by atoms with E-state index < -0.39 is 5.97 Å². The van der Waals surface area contributed by atoms with Gasteiger partial charge in [0.2, 0.25) is 0 Å². The van der Waals surface area contributed by atoms with E-state index in [1.165, 1.54) is 5.56 Å². The summed E-state index contributed by atoms with van der Waals surface area (Å²) in [6, 6.07) is 8.31. The summed E-state index contributed by atoms with van der Waals surface area (Å²) >= 11 is 0. The predicted octanol–water partition coefficient (Wildman–Crippen LogP) is 4.15. The Kier molecular flexibility index (Phi) is 5.04. The number of aryl methyl sites for hydroxylation is 1. The van der Waals surface area contributed by atoms with Crippen LogP contribution in [0.2, 0.25) is 0 Å². The van der Waals surface area contributed by atoms with Gasteiger partial charge in [-0.15, -0.1) is 0 Å². The van der Waals surface area contributed by atoms with Crippen LogP contribution in [-0.2, 0) is 9.53 Å². The van der Waals surface area contributed by atoms with Gasteiger partial charge in [-0.25, -0.2) is 0 Å². The van der Waals surface area contributed by atoms with Gasteiger partial charge in [0.05, 0.1) is 12.0 Å². The number of carboxylic acid groups (broad SMARTS) is 1. The SMILES string of the molecule is CC[C@@]1(C)C[C@H]([C@@H](CC(=O)O)c2ccc(C)cc2)CCO1. The minimum atomic E-state index is -0.717. The van der Waals surface area contributed by atoms with Crippen molar-refractivity contribution in [2.24, 2.45) is 5.92 Å². The number of hydrogen-bond donors (Lipinski definition) is 1. The number of benzene rings is 1. The second-order valence-electron chi connectivity index (χ2n) is 6.52. The van der Waals surface area contributed by atoms with E-state index in [4.69, 9.17) is 4.74 Å². The highest BCUT2D eigenvalue weighted by Crippen LogP contribution is 2.41. The topological polar surface area (TPSA) is 46.5 Å². The third kappa shape index (κ3) is 4.07. The summed E-state index contributed by atoms with van der Waals surface area (Å²) in [4.78, 5) is 11.3. The molecule has 0 aliphatic carbocycles. The fourth-order valence-electron chi connectivity index (χ4n) is 3.32. The van der Waals surface area contributed by atoms with Crippen molar-refractivity contribution in [2.75, 3.05) is 6.61 Å². The Labute approximate surface area is 127 Å². The third-order valence-electron chi connectivity index (χ3n) is 4.85. The number of ether oxygens (including phenoxy) is 1. The first kappa shape index (κ1) is 16.0. The van der Waals surface area contributed by atoms with E-state index in [-0.39, 0.29) is 17.9 Å². The zero-order valence-corrected chi connectivity index (χ0v) is 13.3. The average molecular weight is 290 g/mol.